The average molecular weight is 288 g/mol. The van der Waals surface area contributed by atoms with Crippen molar-refractivity contribution in [2.45, 2.75) is 26.4 Å². The first-order valence-electron chi connectivity index (χ1n) is 6.81. The highest BCUT2D eigenvalue weighted by molar-refractivity contribution is 5.96. The molecular weight excluding hydrogens is 272 g/mol. The van der Waals surface area contributed by atoms with E-state index in [4.69, 9.17) is 9.26 Å². The van der Waals surface area contributed by atoms with Crippen LogP contribution in [0.1, 0.15) is 28.2 Å². The summed E-state index contributed by atoms with van der Waals surface area (Å²) in [5.74, 6) is 0.974. The molecule has 1 aliphatic heterocycles. The van der Waals surface area contributed by atoms with Crippen LogP contribution in [0.2, 0.25) is 0 Å². The van der Waals surface area contributed by atoms with Crippen LogP contribution < -0.4 is 4.74 Å². The highest BCUT2D eigenvalue weighted by Gasteiger charge is 2.31. The van der Waals surface area contributed by atoms with E-state index in [1.807, 2.05) is 0 Å². The average Bonchev–Trinajstić information content (AvgIpc) is 3.07. The second kappa shape index (κ2) is 5.51. The first kappa shape index (κ1) is 13.5. The van der Waals surface area contributed by atoms with Crippen LogP contribution in [-0.2, 0) is 0 Å². The van der Waals surface area contributed by atoms with Crippen LogP contribution in [-0.4, -0.2) is 45.4 Å². The van der Waals surface area contributed by atoms with Crippen molar-refractivity contribution in [3.8, 4) is 5.88 Å². The number of ether oxygens (including phenoxy) is 1. The van der Waals surface area contributed by atoms with Crippen molar-refractivity contribution in [3.05, 3.63) is 35.3 Å². The molecule has 1 unspecified atom stereocenters. The van der Waals surface area contributed by atoms with Crippen LogP contribution in [0.4, 0.5) is 0 Å². The van der Waals surface area contributed by atoms with E-state index in [2.05, 4.69) is 15.4 Å². The molecule has 7 heteroatoms. The fourth-order valence-corrected chi connectivity index (χ4v) is 2.48. The van der Waals surface area contributed by atoms with E-state index in [0.29, 0.717) is 36.0 Å². The van der Waals surface area contributed by atoms with Crippen molar-refractivity contribution in [2.24, 2.45) is 0 Å². The summed E-state index contributed by atoms with van der Waals surface area (Å²) in [4.78, 5) is 14.2. The van der Waals surface area contributed by atoms with Crippen LogP contribution in [0.3, 0.4) is 0 Å². The standard InChI is InChI=1S/C14H16N4O3/c1-9-13(10(2)21-17-9)14(19)18-7-5-11(8-18)20-12-4-3-6-15-16-12/h3-4,6,11H,5,7-8H2,1-2H3. The first-order valence-corrected chi connectivity index (χ1v) is 6.81. The van der Waals surface area contributed by atoms with Gasteiger partial charge in [0.1, 0.15) is 17.4 Å². The van der Waals surface area contributed by atoms with E-state index < -0.39 is 0 Å². The van der Waals surface area contributed by atoms with E-state index in [1.165, 1.54) is 0 Å². The molecule has 3 heterocycles. The molecule has 7 nitrogen and oxygen atoms in total. The molecule has 0 spiro atoms. The summed E-state index contributed by atoms with van der Waals surface area (Å²) in [5, 5.41) is 11.5. The fourth-order valence-electron chi connectivity index (χ4n) is 2.48. The molecule has 2 aromatic rings. The summed E-state index contributed by atoms with van der Waals surface area (Å²) in [6, 6.07) is 3.52. The largest absolute Gasteiger partial charge is 0.471 e. The van der Waals surface area contributed by atoms with Gasteiger partial charge in [-0.1, -0.05) is 5.16 Å². The quantitative estimate of drug-likeness (QED) is 0.848. The summed E-state index contributed by atoms with van der Waals surface area (Å²) in [5.41, 5.74) is 1.17. The second-order valence-electron chi connectivity index (χ2n) is 5.04. The van der Waals surface area contributed by atoms with E-state index in [1.54, 1.807) is 37.1 Å². The molecule has 0 saturated carbocycles. The number of aromatic nitrogens is 3. The Morgan fingerprint density at radius 2 is 2.33 bits per heavy atom. The lowest BCUT2D eigenvalue weighted by atomic mass is 10.2. The summed E-state index contributed by atoms with van der Waals surface area (Å²) >= 11 is 0. The number of rotatable bonds is 3. The maximum Gasteiger partial charge on any atom is 0.259 e. The van der Waals surface area contributed by atoms with Gasteiger partial charge in [0.25, 0.3) is 5.91 Å². The smallest absolute Gasteiger partial charge is 0.259 e. The van der Waals surface area contributed by atoms with Crippen molar-refractivity contribution >= 4 is 5.91 Å². The van der Waals surface area contributed by atoms with Gasteiger partial charge in [-0.15, -0.1) is 5.10 Å². The third-order valence-corrected chi connectivity index (χ3v) is 3.51. The van der Waals surface area contributed by atoms with Crippen LogP contribution in [0.5, 0.6) is 5.88 Å². The lowest BCUT2D eigenvalue weighted by Gasteiger charge is -2.16. The number of nitrogens with zero attached hydrogens (tertiary/aromatic N) is 4. The van der Waals surface area contributed by atoms with Gasteiger partial charge >= 0.3 is 0 Å². The molecule has 1 saturated heterocycles. The molecule has 3 rings (SSSR count). The van der Waals surface area contributed by atoms with Gasteiger partial charge < -0.3 is 14.2 Å². The maximum atomic E-state index is 12.5. The van der Waals surface area contributed by atoms with Gasteiger partial charge in [-0.3, -0.25) is 4.79 Å². The molecular formula is C14H16N4O3. The minimum Gasteiger partial charge on any atom is -0.471 e. The molecule has 21 heavy (non-hydrogen) atoms. The Morgan fingerprint density at radius 1 is 1.48 bits per heavy atom. The Kier molecular flexibility index (Phi) is 3.55. The number of carbonyl (C=O) groups excluding carboxylic acids is 1. The summed E-state index contributed by atoms with van der Waals surface area (Å²) in [6.45, 7) is 4.69. The van der Waals surface area contributed by atoms with Gasteiger partial charge in [-0.2, -0.15) is 5.10 Å². The van der Waals surface area contributed by atoms with Crippen LogP contribution in [0.25, 0.3) is 0 Å². The Labute approximate surface area is 121 Å². The zero-order chi connectivity index (χ0) is 14.8. The molecule has 1 fully saturated rings. The lowest BCUT2D eigenvalue weighted by Crippen LogP contribution is -2.31. The zero-order valence-electron chi connectivity index (χ0n) is 11.9. The van der Waals surface area contributed by atoms with Crippen molar-refractivity contribution in [1.82, 2.24) is 20.3 Å². The Morgan fingerprint density at radius 3 is 3.00 bits per heavy atom. The SMILES string of the molecule is Cc1noc(C)c1C(=O)N1CCC(Oc2cccnn2)C1. The molecule has 0 aromatic carbocycles. The number of carbonyl (C=O) groups is 1. The van der Waals surface area contributed by atoms with Gasteiger partial charge in [0.15, 0.2) is 0 Å². The monoisotopic (exact) mass is 288 g/mol. The Bertz CT molecular complexity index is 621. The van der Waals surface area contributed by atoms with Crippen molar-refractivity contribution in [2.75, 3.05) is 13.1 Å². The van der Waals surface area contributed by atoms with E-state index in [9.17, 15) is 4.79 Å². The molecule has 1 amide bonds. The summed E-state index contributed by atoms with van der Waals surface area (Å²) in [6.07, 6.45) is 2.30. The summed E-state index contributed by atoms with van der Waals surface area (Å²) < 4.78 is 10.8. The van der Waals surface area contributed by atoms with Crippen molar-refractivity contribution < 1.29 is 14.1 Å². The highest BCUT2D eigenvalue weighted by Crippen LogP contribution is 2.21. The van der Waals surface area contributed by atoms with Crippen LogP contribution in [0, 0.1) is 13.8 Å². The molecule has 0 N–H and O–H groups in total. The number of hydrogen-bond donors (Lipinski definition) is 0. The van der Waals surface area contributed by atoms with Crippen molar-refractivity contribution in [3.63, 3.8) is 0 Å². The van der Waals surface area contributed by atoms with E-state index in [0.717, 1.165) is 6.42 Å². The Balaban J connectivity index is 1.66. The number of aryl methyl sites for hydroxylation is 2. The van der Waals surface area contributed by atoms with Gasteiger partial charge in [0, 0.05) is 25.2 Å². The summed E-state index contributed by atoms with van der Waals surface area (Å²) in [7, 11) is 0. The minimum atomic E-state index is -0.0638. The lowest BCUT2D eigenvalue weighted by molar-refractivity contribution is 0.0768. The fraction of sp³-hybridized carbons (Fsp3) is 0.429. The zero-order valence-corrected chi connectivity index (χ0v) is 11.9. The van der Waals surface area contributed by atoms with Crippen molar-refractivity contribution in [1.29, 1.82) is 0 Å². The number of hydrogen-bond acceptors (Lipinski definition) is 6. The van der Waals surface area contributed by atoms with Gasteiger partial charge in [0.05, 0.1) is 12.2 Å². The predicted molar refractivity (Wildman–Crippen MR) is 72.9 cm³/mol. The molecule has 2 aromatic heterocycles. The molecule has 1 atom stereocenters. The predicted octanol–water partition coefficient (Wildman–Crippen LogP) is 1.37. The normalized spacial score (nSPS) is 18.0. The third kappa shape index (κ3) is 2.72. The van der Waals surface area contributed by atoms with Gasteiger partial charge in [-0.25, -0.2) is 0 Å². The van der Waals surface area contributed by atoms with Crippen LogP contribution >= 0.6 is 0 Å². The van der Waals surface area contributed by atoms with E-state index >= 15 is 0 Å². The number of likely N-dealkylation sites (tertiary alicyclic amines) is 1. The number of amides is 1. The highest BCUT2D eigenvalue weighted by atomic mass is 16.5. The second-order valence-corrected chi connectivity index (χ2v) is 5.04. The van der Waals surface area contributed by atoms with Gasteiger partial charge in [-0.05, 0) is 19.9 Å². The topological polar surface area (TPSA) is 81.4 Å². The third-order valence-electron chi connectivity index (χ3n) is 3.51. The Hall–Kier alpha value is -2.44. The molecule has 0 radical (unpaired) electrons. The minimum absolute atomic E-state index is 0.0588. The molecule has 0 aliphatic carbocycles. The van der Waals surface area contributed by atoms with E-state index in [-0.39, 0.29) is 12.0 Å². The maximum absolute atomic E-state index is 12.5. The van der Waals surface area contributed by atoms with Crippen LogP contribution in [0.15, 0.2) is 22.9 Å². The first-order chi connectivity index (χ1) is 10.1. The molecule has 1 aliphatic rings. The van der Waals surface area contributed by atoms with Gasteiger partial charge in [0.2, 0.25) is 5.88 Å². The molecule has 110 valence electrons. The molecule has 0 bridgehead atoms.